The van der Waals surface area contributed by atoms with Crippen LogP contribution in [0.5, 0.6) is 0 Å². The van der Waals surface area contributed by atoms with Gasteiger partial charge in [0.15, 0.2) is 0 Å². The molecule has 3 amide bonds. The number of hydrogen-bond acceptors (Lipinski definition) is 4. The van der Waals surface area contributed by atoms with E-state index in [-0.39, 0.29) is 18.0 Å². The summed E-state index contributed by atoms with van der Waals surface area (Å²) in [5.41, 5.74) is 0. The van der Waals surface area contributed by atoms with Crippen molar-refractivity contribution in [2.24, 2.45) is 11.8 Å². The van der Waals surface area contributed by atoms with Crippen molar-refractivity contribution in [1.29, 1.82) is 0 Å². The monoisotopic (exact) mass is 408 g/mol. The summed E-state index contributed by atoms with van der Waals surface area (Å²) in [7, 11) is 0. The maximum atomic E-state index is 12.7. The van der Waals surface area contributed by atoms with Crippen LogP contribution in [0.4, 0.5) is 4.79 Å². The molecule has 7 nitrogen and oxygen atoms in total. The van der Waals surface area contributed by atoms with Crippen LogP contribution in [-0.4, -0.2) is 91.7 Å². The Hall–Kier alpha value is -1.34. The zero-order valence-corrected chi connectivity index (χ0v) is 18.4. The van der Waals surface area contributed by atoms with Crippen molar-refractivity contribution in [3.05, 3.63) is 0 Å². The van der Waals surface area contributed by atoms with Gasteiger partial charge in [-0.3, -0.25) is 9.69 Å². The van der Waals surface area contributed by atoms with Gasteiger partial charge in [0, 0.05) is 57.8 Å². The van der Waals surface area contributed by atoms with E-state index in [2.05, 4.69) is 24.1 Å². The van der Waals surface area contributed by atoms with E-state index >= 15 is 0 Å². The molecule has 0 unspecified atom stereocenters. The Balaban J connectivity index is 1.34. The van der Waals surface area contributed by atoms with Crippen molar-refractivity contribution in [3.8, 4) is 0 Å². The predicted molar refractivity (Wildman–Crippen MR) is 114 cm³/mol. The molecule has 0 aliphatic carbocycles. The Morgan fingerprint density at radius 2 is 1.48 bits per heavy atom. The first-order valence-corrected chi connectivity index (χ1v) is 11.7. The first kappa shape index (κ1) is 22.3. The van der Waals surface area contributed by atoms with Crippen molar-refractivity contribution in [2.45, 2.75) is 58.4 Å². The second-order valence-electron chi connectivity index (χ2n) is 8.91. The van der Waals surface area contributed by atoms with E-state index < -0.39 is 0 Å². The van der Waals surface area contributed by atoms with Gasteiger partial charge in [-0.25, -0.2) is 4.79 Å². The number of likely N-dealkylation sites (tertiary alicyclic amines) is 2. The molecule has 0 saturated carbocycles. The Kier molecular flexibility index (Phi) is 8.60. The summed E-state index contributed by atoms with van der Waals surface area (Å²) >= 11 is 0. The van der Waals surface area contributed by atoms with Gasteiger partial charge >= 0.3 is 6.03 Å². The van der Waals surface area contributed by atoms with Crippen LogP contribution < -0.4 is 5.32 Å². The summed E-state index contributed by atoms with van der Waals surface area (Å²) in [6, 6.07) is 0.277. The quantitative estimate of drug-likeness (QED) is 0.732. The van der Waals surface area contributed by atoms with E-state index in [1.807, 2.05) is 9.80 Å². The lowest BCUT2D eigenvalue weighted by atomic mass is 9.96. The van der Waals surface area contributed by atoms with Crippen LogP contribution in [0.2, 0.25) is 0 Å². The fourth-order valence-corrected chi connectivity index (χ4v) is 4.87. The highest BCUT2D eigenvalue weighted by Crippen LogP contribution is 2.21. The SMILES string of the molecule is CCC(CC)C(=O)N1CCC(NC(=O)N2CCC(CN3CCOCC3)CC2)CC1. The molecule has 3 aliphatic rings. The fraction of sp³-hybridized carbons (Fsp3) is 0.909. The van der Waals surface area contributed by atoms with E-state index in [0.29, 0.717) is 11.8 Å². The largest absolute Gasteiger partial charge is 0.379 e. The van der Waals surface area contributed by atoms with Crippen molar-refractivity contribution < 1.29 is 14.3 Å². The maximum Gasteiger partial charge on any atom is 0.317 e. The molecule has 3 aliphatic heterocycles. The standard InChI is InChI=1S/C22H40N4O3/c1-3-19(4-2)21(27)25-11-7-20(8-12-25)23-22(28)26-9-5-18(6-10-26)17-24-13-15-29-16-14-24/h18-20H,3-17H2,1-2H3,(H,23,28). The number of hydrogen-bond donors (Lipinski definition) is 1. The third kappa shape index (κ3) is 6.32. The topological polar surface area (TPSA) is 65.1 Å². The van der Waals surface area contributed by atoms with E-state index in [4.69, 9.17) is 4.74 Å². The molecule has 3 rings (SSSR count). The number of morpholine rings is 1. The van der Waals surface area contributed by atoms with Crippen LogP contribution in [0.1, 0.15) is 52.4 Å². The highest BCUT2D eigenvalue weighted by Gasteiger charge is 2.29. The van der Waals surface area contributed by atoms with Gasteiger partial charge in [-0.15, -0.1) is 0 Å². The minimum Gasteiger partial charge on any atom is -0.379 e. The second-order valence-corrected chi connectivity index (χ2v) is 8.91. The third-order valence-electron chi connectivity index (χ3n) is 6.99. The Bertz CT molecular complexity index is 518. The number of carbonyl (C=O) groups excluding carboxylic acids is 2. The highest BCUT2D eigenvalue weighted by molar-refractivity contribution is 5.79. The maximum absolute atomic E-state index is 12.7. The fourth-order valence-electron chi connectivity index (χ4n) is 4.87. The molecule has 3 fully saturated rings. The average molecular weight is 409 g/mol. The van der Waals surface area contributed by atoms with Gasteiger partial charge in [-0.05, 0) is 44.4 Å². The first-order valence-electron chi connectivity index (χ1n) is 11.7. The van der Waals surface area contributed by atoms with E-state index in [9.17, 15) is 9.59 Å². The summed E-state index contributed by atoms with van der Waals surface area (Å²) in [5, 5.41) is 3.22. The van der Waals surface area contributed by atoms with Crippen molar-refractivity contribution in [2.75, 3.05) is 59.0 Å². The van der Waals surface area contributed by atoms with Crippen LogP contribution in [0.25, 0.3) is 0 Å². The van der Waals surface area contributed by atoms with Gasteiger partial charge in [-0.1, -0.05) is 13.8 Å². The van der Waals surface area contributed by atoms with Gasteiger partial charge in [0.25, 0.3) is 0 Å². The van der Waals surface area contributed by atoms with Gasteiger partial charge in [-0.2, -0.15) is 0 Å². The summed E-state index contributed by atoms with van der Waals surface area (Å²) in [6.45, 7) is 12.3. The summed E-state index contributed by atoms with van der Waals surface area (Å²) in [5.74, 6) is 1.14. The lowest BCUT2D eigenvalue weighted by Gasteiger charge is -2.38. The minimum absolute atomic E-state index is 0.0830. The number of nitrogens with zero attached hydrogens (tertiary/aromatic N) is 3. The summed E-state index contributed by atoms with van der Waals surface area (Å²) in [4.78, 5) is 31.7. The van der Waals surface area contributed by atoms with Gasteiger partial charge < -0.3 is 19.9 Å². The molecule has 0 atom stereocenters. The lowest BCUT2D eigenvalue weighted by Crippen LogP contribution is -2.52. The zero-order valence-electron chi connectivity index (χ0n) is 18.4. The van der Waals surface area contributed by atoms with Gasteiger partial charge in [0.1, 0.15) is 0 Å². The number of rotatable bonds is 6. The molecule has 29 heavy (non-hydrogen) atoms. The van der Waals surface area contributed by atoms with E-state index in [1.54, 1.807) is 0 Å². The number of carbonyl (C=O) groups is 2. The van der Waals surface area contributed by atoms with Crippen molar-refractivity contribution in [1.82, 2.24) is 20.0 Å². The number of nitrogens with one attached hydrogen (secondary N) is 1. The van der Waals surface area contributed by atoms with Crippen LogP contribution >= 0.6 is 0 Å². The molecule has 0 aromatic heterocycles. The van der Waals surface area contributed by atoms with E-state index in [0.717, 1.165) is 97.6 Å². The van der Waals surface area contributed by atoms with Crippen LogP contribution in [0.15, 0.2) is 0 Å². The van der Waals surface area contributed by atoms with Crippen molar-refractivity contribution >= 4 is 11.9 Å². The van der Waals surface area contributed by atoms with E-state index in [1.165, 1.54) is 0 Å². The Morgan fingerprint density at radius 3 is 2.07 bits per heavy atom. The normalized spacial score (nSPS) is 22.9. The molecular weight excluding hydrogens is 368 g/mol. The van der Waals surface area contributed by atoms with Gasteiger partial charge in [0.05, 0.1) is 13.2 Å². The molecule has 0 aromatic rings. The molecule has 3 heterocycles. The molecule has 0 spiro atoms. The molecule has 166 valence electrons. The lowest BCUT2D eigenvalue weighted by molar-refractivity contribution is -0.136. The zero-order chi connectivity index (χ0) is 20.6. The predicted octanol–water partition coefficient (Wildman–Crippen LogP) is 2.17. The molecule has 0 aromatic carbocycles. The van der Waals surface area contributed by atoms with Crippen LogP contribution in [0.3, 0.4) is 0 Å². The van der Waals surface area contributed by atoms with Crippen LogP contribution in [-0.2, 0) is 9.53 Å². The highest BCUT2D eigenvalue weighted by atomic mass is 16.5. The molecule has 1 N–H and O–H groups in total. The van der Waals surface area contributed by atoms with Crippen LogP contribution in [0, 0.1) is 11.8 Å². The molecule has 7 heteroatoms. The Labute approximate surface area is 176 Å². The number of ether oxygens (including phenoxy) is 1. The number of piperidine rings is 2. The smallest absolute Gasteiger partial charge is 0.317 e. The second kappa shape index (κ2) is 11.2. The van der Waals surface area contributed by atoms with Gasteiger partial charge in [0.2, 0.25) is 5.91 Å². The molecular formula is C22H40N4O3. The van der Waals surface area contributed by atoms with Crippen molar-refractivity contribution in [3.63, 3.8) is 0 Å². The molecule has 0 radical (unpaired) electrons. The number of urea groups is 1. The third-order valence-corrected chi connectivity index (χ3v) is 6.99. The molecule has 3 saturated heterocycles. The minimum atomic E-state index is 0.0830. The summed E-state index contributed by atoms with van der Waals surface area (Å²) < 4.78 is 5.43. The molecule has 0 bridgehead atoms. The average Bonchev–Trinajstić information content (AvgIpc) is 2.76. The number of amides is 3. The Morgan fingerprint density at radius 1 is 0.897 bits per heavy atom. The first-order chi connectivity index (χ1) is 14.1. The summed E-state index contributed by atoms with van der Waals surface area (Å²) in [6.07, 6.45) is 5.73.